The van der Waals surface area contributed by atoms with Crippen LogP contribution in [0.5, 0.6) is 0 Å². The molecule has 1 aromatic rings. The van der Waals surface area contributed by atoms with Gasteiger partial charge < -0.3 is 10.5 Å². The zero-order valence-electron chi connectivity index (χ0n) is 10.4. The molecule has 1 heterocycles. The van der Waals surface area contributed by atoms with Crippen LogP contribution in [0.3, 0.4) is 0 Å². The van der Waals surface area contributed by atoms with Crippen molar-refractivity contribution in [2.75, 3.05) is 19.4 Å². The lowest BCUT2D eigenvalue weighted by Crippen LogP contribution is -2.36. The molecule has 0 aliphatic rings. The van der Waals surface area contributed by atoms with Crippen molar-refractivity contribution in [3.05, 3.63) is 11.1 Å². The molecular weight excluding hydrogens is 222 g/mol. The van der Waals surface area contributed by atoms with E-state index in [0.717, 1.165) is 13.1 Å². The molecule has 4 nitrogen and oxygen atoms in total. The zero-order chi connectivity index (χ0) is 12.1. The molecule has 1 rings (SSSR count). The number of hydrogen-bond donors (Lipinski definition) is 1. The van der Waals surface area contributed by atoms with E-state index in [9.17, 15) is 0 Å². The van der Waals surface area contributed by atoms with Gasteiger partial charge in [-0.15, -0.1) is 11.3 Å². The fourth-order valence-electron chi connectivity index (χ4n) is 1.46. The summed E-state index contributed by atoms with van der Waals surface area (Å²) in [6.45, 7) is 8.27. The Morgan fingerprint density at radius 2 is 2.19 bits per heavy atom. The number of hydrogen-bond acceptors (Lipinski definition) is 5. The Labute approximate surface area is 101 Å². The molecule has 0 spiro atoms. The van der Waals surface area contributed by atoms with E-state index in [1.165, 1.54) is 4.88 Å². The van der Waals surface area contributed by atoms with Crippen molar-refractivity contribution in [1.82, 2.24) is 9.88 Å². The molecule has 0 radical (unpaired) electrons. The van der Waals surface area contributed by atoms with Crippen molar-refractivity contribution >= 4 is 16.5 Å². The van der Waals surface area contributed by atoms with Gasteiger partial charge in [0.05, 0.1) is 6.10 Å². The molecule has 1 atom stereocenters. The third-order valence-electron chi connectivity index (χ3n) is 2.55. The number of nitrogens with zero attached hydrogens (tertiary/aromatic N) is 2. The van der Waals surface area contributed by atoms with E-state index < -0.39 is 0 Å². The smallest absolute Gasteiger partial charge is 0.180 e. The highest BCUT2D eigenvalue weighted by molar-refractivity contribution is 7.15. The lowest BCUT2D eigenvalue weighted by molar-refractivity contribution is 0.0626. The Morgan fingerprint density at radius 1 is 1.50 bits per heavy atom. The number of thiazole rings is 1. The van der Waals surface area contributed by atoms with Crippen LogP contribution in [0.4, 0.5) is 5.13 Å². The van der Waals surface area contributed by atoms with Gasteiger partial charge in [0.2, 0.25) is 0 Å². The fourth-order valence-corrected chi connectivity index (χ4v) is 2.17. The van der Waals surface area contributed by atoms with Crippen LogP contribution in [-0.2, 0) is 11.3 Å². The van der Waals surface area contributed by atoms with Crippen molar-refractivity contribution in [2.24, 2.45) is 0 Å². The summed E-state index contributed by atoms with van der Waals surface area (Å²) in [6, 6.07) is 0.487. The quantitative estimate of drug-likeness (QED) is 0.830. The predicted molar refractivity (Wildman–Crippen MR) is 68.5 cm³/mol. The first kappa shape index (κ1) is 13.4. The second-order valence-corrected chi connectivity index (χ2v) is 5.38. The number of nitrogen functional groups attached to an aromatic ring is 1. The van der Waals surface area contributed by atoms with E-state index in [1.54, 1.807) is 18.4 Å². The normalized spacial score (nSPS) is 13.6. The van der Waals surface area contributed by atoms with E-state index in [2.05, 4.69) is 30.7 Å². The molecule has 0 saturated carbocycles. The predicted octanol–water partition coefficient (Wildman–Crippen LogP) is 1.97. The Hall–Kier alpha value is -0.650. The van der Waals surface area contributed by atoms with Gasteiger partial charge in [0, 0.05) is 37.3 Å². The van der Waals surface area contributed by atoms with Crippen LogP contribution in [0.25, 0.3) is 0 Å². The van der Waals surface area contributed by atoms with Crippen LogP contribution in [0.2, 0.25) is 0 Å². The van der Waals surface area contributed by atoms with Gasteiger partial charge in [0.25, 0.3) is 0 Å². The van der Waals surface area contributed by atoms with Crippen molar-refractivity contribution < 1.29 is 4.74 Å². The largest absolute Gasteiger partial charge is 0.380 e. The Balaban J connectivity index is 2.57. The molecule has 1 aromatic heterocycles. The first-order valence-electron chi connectivity index (χ1n) is 5.50. The number of rotatable bonds is 6. The molecule has 0 bridgehead atoms. The number of ether oxygens (including phenoxy) is 1. The number of aromatic nitrogens is 1. The summed E-state index contributed by atoms with van der Waals surface area (Å²) >= 11 is 1.55. The molecule has 16 heavy (non-hydrogen) atoms. The van der Waals surface area contributed by atoms with Crippen molar-refractivity contribution in [2.45, 2.75) is 39.5 Å². The maximum absolute atomic E-state index is 5.62. The van der Waals surface area contributed by atoms with Crippen LogP contribution in [-0.4, -0.2) is 35.7 Å². The Morgan fingerprint density at radius 3 is 2.62 bits per heavy atom. The van der Waals surface area contributed by atoms with Gasteiger partial charge in [-0.2, -0.15) is 0 Å². The third kappa shape index (κ3) is 4.08. The Bertz CT molecular complexity index is 314. The van der Waals surface area contributed by atoms with Crippen molar-refractivity contribution in [1.29, 1.82) is 0 Å². The second kappa shape index (κ2) is 6.18. The third-order valence-corrected chi connectivity index (χ3v) is 3.37. The second-order valence-electron chi connectivity index (χ2n) is 4.23. The number of methoxy groups -OCH3 is 1. The minimum atomic E-state index is 0.243. The summed E-state index contributed by atoms with van der Waals surface area (Å²) in [4.78, 5) is 7.63. The van der Waals surface area contributed by atoms with E-state index in [0.29, 0.717) is 11.2 Å². The summed E-state index contributed by atoms with van der Waals surface area (Å²) < 4.78 is 5.30. The highest BCUT2D eigenvalue weighted by atomic mass is 32.1. The van der Waals surface area contributed by atoms with Gasteiger partial charge in [-0.1, -0.05) is 0 Å². The highest BCUT2D eigenvalue weighted by Gasteiger charge is 2.14. The molecule has 0 aliphatic heterocycles. The molecule has 2 N–H and O–H groups in total. The van der Waals surface area contributed by atoms with Crippen molar-refractivity contribution in [3.8, 4) is 0 Å². The maximum atomic E-state index is 5.62. The summed E-state index contributed by atoms with van der Waals surface area (Å²) in [7, 11) is 1.74. The van der Waals surface area contributed by atoms with Crippen LogP contribution < -0.4 is 5.73 Å². The summed E-state index contributed by atoms with van der Waals surface area (Å²) in [5, 5.41) is 0.637. The molecular formula is C11H21N3OS. The van der Waals surface area contributed by atoms with Gasteiger partial charge in [-0.05, 0) is 20.8 Å². The van der Waals surface area contributed by atoms with Crippen LogP contribution in [0.15, 0.2) is 6.20 Å². The molecule has 0 aliphatic carbocycles. The lowest BCUT2D eigenvalue weighted by Gasteiger charge is -2.28. The minimum absolute atomic E-state index is 0.243. The van der Waals surface area contributed by atoms with Gasteiger partial charge in [0.15, 0.2) is 5.13 Å². The van der Waals surface area contributed by atoms with Gasteiger partial charge in [-0.25, -0.2) is 4.98 Å². The number of anilines is 1. The first-order chi connectivity index (χ1) is 7.52. The summed E-state index contributed by atoms with van der Waals surface area (Å²) in [5.41, 5.74) is 5.62. The summed E-state index contributed by atoms with van der Waals surface area (Å²) in [5.74, 6) is 0. The highest BCUT2D eigenvalue weighted by Crippen LogP contribution is 2.18. The average Bonchev–Trinajstić information content (AvgIpc) is 2.62. The monoisotopic (exact) mass is 243 g/mol. The molecule has 0 aromatic carbocycles. The molecule has 5 heteroatoms. The average molecular weight is 243 g/mol. The summed E-state index contributed by atoms with van der Waals surface area (Å²) in [6.07, 6.45) is 2.10. The molecule has 0 amide bonds. The standard InChI is InChI=1S/C11H21N3OS/c1-8(2)14(6-9(3)15-4)7-10-5-13-11(12)16-10/h5,8-9H,6-7H2,1-4H3,(H2,12,13). The lowest BCUT2D eigenvalue weighted by atomic mass is 10.2. The zero-order valence-corrected chi connectivity index (χ0v) is 11.3. The SMILES string of the molecule is COC(C)CN(Cc1cnc(N)s1)C(C)C. The van der Waals surface area contributed by atoms with E-state index in [-0.39, 0.29) is 6.10 Å². The fraction of sp³-hybridized carbons (Fsp3) is 0.727. The minimum Gasteiger partial charge on any atom is -0.380 e. The van der Waals surface area contributed by atoms with Crippen LogP contribution in [0.1, 0.15) is 25.6 Å². The van der Waals surface area contributed by atoms with E-state index >= 15 is 0 Å². The van der Waals surface area contributed by atoms with Gasteiger partial charge >= 0.3 is 0 Å². The van der Waals surface area contributed by atoms with Crippen molar-refractivity contribution in [3.63, 3.8) is 0 Å². The molecule has 1 unspecified atom stereocenters. The molecule has 0 saturated heterocycles. The number of nitrogens with two attached hydrogens (primary N) is 1. The van der Waals surface area contributed by atoms with E-state index in [4.69, 9.17) is 10.5 Å². The molecule has 92 valence electrons. The maximum Gasteiger partial charge on any atom is 0.180 e. The van der Waals surface area contributed by atoms with Gasteiger partial charge in [-0.3, -0.25) is 4.90 Å². The van der Waals surface area contributed by atoms with E-state index in [1.807, 2.05) is 6.20 Å². The molecule has 0 fully saturated rings. The van der Waals surface area contributed by atoms with Gasteiger partial charge in [0.1, 0.15) is 0 Å². The topological polar surface area (TPSA) is 51.4 Å². The van der Waals surface area contributed by atoms with Crippen LogP contribution in [0, 0.1) is 0 Å². The first-order valence-corrected chi connectivity index (χ1v) is 6.31. The van der Waals surface area contributed by atoms with Crippen LogP contribution >= 0.6 is 11.3 Å². The Kier molecular flexibility index (Phi) is 5.18.